The van der Waals surface area contributed by atoms with Gasteiger partial charge in [0.25, 0.3) is 0 Å². The second kappa shape index (κ2) is 12.4. The van der Waals surface area contributed by atoms with Crippen molar-refractivity contribution in [3.8, 4) is 44.8 Å². The Morgan fingerprint density at radius 1 is 0.333 bits per heavy atom. The van der Waals surface area contributed by atoms with Crippen LogP contribution in [0.3, 0.4) is 0 Å². The van der Waals surface area contributed by atoms with Crippen LogP contribution in [0.4, 0.5) is 0 Å². The van der Waals surface area contributed by atoms with Gasteiger partial charge in [0, 0.05) is 58.5 Å². The summed E-state index contributed by atoms with van der Waals surface area (Å²) in [5.41, 5.74) is 17.5. The van der Waals surface area contributed by atoms with Gasteiger partial charge in [0.1, 0.15) is 0 Å². The van der Waals surface area contributed by atoms with Crippen LogP contribution in [0, 0.1) is 0 Å². The number of thiophene rings is 1. The number of nitrogens with zero attached hydrogens (tertiary/aromatic N) is 2. The molecule has 12 aromatic rings. The van der Waals surface area contributed by atoms with Gasteiger partial charge in [-0.3, -0.25) is 0 Å². The highest BCUT2D eigenvalue weighted by Gasteiger charge is 2.35. The average Bonchev–Trinajstić information content (AvgIpc) is 4.01. The van der Waals surface area contributed by atoms with E-state index in [4.69, 9.17) is 0 Å². The Hall–Kier alpha value is -7.20. The van der Waals surface area contributed by atoms with Crippen LogP contribution in [0.25, 0.3) is 109 Å². The van der Waals surface area contributed by atoms with Gasteiger partial charge in [0.05, 0.1) is 22.1 Å². The van der Waals surface area contributed by atoms with E-state index in [9.17, 15) is 0 Å². The van der Waals surface area contributed by atoms with Crippen molar-refractivity contribution in [2.24, 2.45) is 0 Å². The number of fused-ring (bicyclic) bond motifs is 12. The highest BCUT2D eigenvalue weighted by atomic mass is 32.1. The van der Waals surface area contributed by atoms with Gasteiger partial charge in [-0.1, -0.05) is 135 Å². The van der Waals surface area contributed by atoms with Gasteiger partial charge in [-0.05, 0) is 117 Å². The average molecular weight is 783 g/mol. The molecule has 0 aliphatic heterocycles. The number of aromatic nitrogens is 2. The third-order valence-electron chi connectivity index (χ3n) is 13.3. The summed E-state index contributed by atoms with van der Waals surface area (Å²) in [5, 5.41) is 7.70. The molecule has 13 rings (SSSR count). The lowest BCUT2D eigenvalue weighted by Crippen LogP contribution is -2.15. The van der Waals surface area contributed by atoms with Crippen LogP contribution in [0.1, 0.15) is 25.0 Å². The minimum absolute atomic E-state index is 0.0621. The normalized spacial score (nSPS) is 13.3. The lowest BCUT2D eigenvalue weighted by atomic mass is 9.82. The fraction of sp³-hybridized carbons (Fsp3) is 0.0526. The molecule has 1 aliphatic rings. The first kappa shape index (κ1) is 33.7. The van der Waals surface area contributed by atoms with Crippen molar-refractivity contribution < 1.29 is 0 Å². The number of benzene rings is 9. The predicted octanol–water partition coefficient (Wildman–Crippen LogP) is 15.9. The van der Waals surface area contributed by atoms with Crippen molar-refractivity contribution in [3.05, 3.63) is 205 Å². The van der Waals surface area contributed by atoms with E-state index >= 15 is 0 Å². The Kier molecular flexibility index (Phi) is 6.98. The summed E-state index contributed by atoms with van der Waals surface area (Å²) in [6, 6.07) is 72.4. The first-order valence-corrected chi connectivity index (χ1v) is 21.6. The van der Waals surface area contributed by atoms with E-state index in [1.807, 2.05) is 11.3 Å². The lowest BCUT2D eigenvalue weighted by Gasteiger charge is -2.22. The molecular formula is C57H38N2S. The highest BCUT2D eigenvalue weighted by Crippen LogP contribution is 2.50. The molecule has 282 valence electrons. The summed E-state index contributed by atoms with van der Waals surface area (Å²) in [7, 11) is 0. The van der Waals surface area contributed by atoms with Crippen molar-refractivity contribution in [1.29, 1.82) is 0 Å². The maximum Gasteiger partial charge on any atom is 0.0541 e. The molecule has 0 radical (unpaired) electrons. The van der Waals surface area contributed by atoms with Crippen LogP contribution < -0.4 is 0 Å². The van der Waals surface area contributed by atoms with Crippen molar-refractivity contribution in [2.45, 2.75) is 19.3 Å². The van der Waals surface area contributed by atoms with Crippen LogP contribution in [0.5, 0.6) is 0 Å². The molecule has 3 heteroatoms. The van der Waals surface area contributed by atoms with E-state index in [1.165, 1.54) is 114 Å². The molecular weight excluding hydrogens is 745 g/mol. The fourth-order valence-corrected chi connectivity index (χ4v) is 11.6. The third-order valence-corrected chi connectivity index (χ3v) is 14.5. The van der Waals surface area contributed by atoms with Gasteiger partial charge in [0.2, 0.25) is 0 Å². The fourth-order valence-electron chi connectivity index (χ4n) is 10.4. The van der Waals surface area contributed by atoms with Gasteiger partial charge in [-0.25, -0.2) is 0 Å². The zero-order valence-corrected chi connectivity index (χ0v) is 34.1. The van der Waals surface area contributed by atoms with Crippen LogP contribution in [0.15, 0.2) is 194 Å². The molecule has 0 saturated heterocycles. The summed E-state index contributed by atoms with van der Waals surface area (Å²) in [6.07, 6.45) is 0. The van der Waals surface area contributed by atoms with Gasteiger partial charge >= 0.3 is 0 Å². The highest BCUT2D eigenvalue weighted by molar-refractivity contribution is 7.25. The maximum absolute atomic E-state index is 2.46. The number of para-hydroxylation sites is 2. The molecule has 60 heavy (non-hydrogen) atoms. The van der Waals surface area contributed by atoms with Gasteiger partial charge in [0.15, 0.2) is 0 Å². The summed E-state index contributed by atoms with van der Waals surface area (Å²) in [6.45, 7) is 4.72. The lowest BCUT2D eigenvalue weighted by molar-refractivity contribution is 0.660. The standard InChI is InChI=1S/C57H38N2S/c1-57(2)49-18-7-3-14-41(49)42-27-25-40(34-50(42)57)59-52-20-9-5-16-44(52)48-32-37(24-29-54(48)59)36-23-28-53-47(31-36)43-15-4-8-19-51(43)58(53)39-13-11-12-35(30-39)38-22-26-46-45-17-6-10-21-55(45)60-56(46)33-38/h3-34H,1-2H3. The van der Waals surface area contributed by atoms with Crippen molar-refractivity contribution >= 4 is 75.1 Å². The minimum atomic E-state index is -0.0621. The molecule has 0 unspecified atom stereocenters. The number of hydrogen-bond acceptors (Lipinski definition) is 1. The Morgan fingerprint density at radius 2 is 0.867 bits per heavy atom. The van der Waals surface area contributed by atoms with Crippen LogP contribution in [-0.4, -0.2) is 9.13 Å². The molecule has 0 spiro atoms. The van der Waals surface area contributed by atoms with Crippen LogP contribution >= 0.6 is 11.3 Å². The van der Waals surface area contributed by atoms with E-state index in [2.05, 4.69) is 217 Å². The smallest absolute Gasteiger partial charge is 0.0541 e. The van der Waals surface area contributed by atoms with E-state index in [1.54, 1.807) is 0 Å². The van der Waals surface area contributed by atoms with Gasteiger partial charge in [-0.2, -0.15) is 0 Å². The predicted molar refractivity (Wildman–Crippen MR) is 256 cm³/mol. The quantitative estimate of drug-likeness (QED) is 0.168. The van der Waals surface area contributed by atoms with Gasteiger partial charge < -0.3 is 9.13 Å². The molecule has 3 heterocycles. The molecule has 0 fully saturated rings. The van der Waals surface area contributed by atoms with Crippen molar-refractivity contribution in [3.63, 3.8) is 0 Å². The largest absolute Gasteiger partial charge is 0.309 e. The maximum atomic E-state index is 2.46. The van der Waals surface area contributed by atoms with Crippen LogP contribution in [0.2, 0.25) is 0 Å². The van der Waals surface area contributed by atoms with Crippen molar-refractivity contribution in [2.75, 3.05) is 0 Å². The second-order valence-electron chi connectivity index (χ2n) is 16.9. The summed E-state index contributed by atoms with van der Waals surface area (Å²) in [5.74, 6) is 0. The molecule has 9 aromatic carbocycles. The molecule has 0 amide bonds. The summed E-state index contributed by atoms with van der Waals surface area (Å²) < 4.78 is 7.55. The zero-order valence-electron chi connectivity index (χ0n) is 33.3. The van der Waals surface area contributed by atoms with E-state index in [-0.39, 0.29) is 5.41 Å². The minimum Gasteiger partial charge on any atom is -0.309 e. The zero-order chi connectivity index (χ0) is 39.7. The topological polar surface area (TPSA) is 9.86 Å². The first-order valence-electron chi connectivity index (χ1n) is 20.8. The monoisotopic (exact) mass is 782 g/mol. The molecule has 1 aliphatic carbocycles. The molecule has 2 nitrogen and oxygen atoms in total. The van der Waals surface area contributed by atoms with Crippen LogP contribution in [-0.2, 0) is 5.41 Å². The molecule has 0 saturated carbocycles. The van der Waals surface area contributed by atoms with E-state index in [0.717, 1.165) is 5.69 Å². The van der Waals surface area contributed by atoms with Crippen molar-refractivity contribution in [1.82, 2.24) is 9.13 Å². The Morgan fingerprint density at radius 3 is 1.60 bits per heavy atom. The Bertz CT molecular complexity index is 3760. The molecule has 0 atom stereocenters. The number of rotatable bonds is 4. The molecule has 0 bridgehead atoms. The summed E-state index contributed by atoms with van der Waals surface area (Å²) >= 11 is 1.87. The Balaban J connectivity index is 0.924. The molecule has 0 N–H and O–H groups in total. The van der Waals surface area contributed by atoms with E-state index < -0.39 is 0 Å². The first-order chi connectivity index (χ1) is 29.5. The number of hydrogen-bond donors (Lipinski definition) is 0. The van der Waals surface area contributed by atoms with E-state index in [0.29, 0.717) is 0 Å². The summed E-state index contributed by atoms with van der Waals surface area (Å²) in [4.78, 5) is 0. The van der Waals surface area contributed by atoms with Gasteiger partial charge in [-0.15, -0.1) is 11.3 Å². The third kappa shape index (κ3) is 4.75. The second-order valence-corrected chi connectivity index (χ2v) is 18.0. The Labute approximate surface area is 351 Å². The molecule has 3 aromatic heterocycles. The SMILES string of the molecule is CC1(C)c2ccccc2-c2ccc(-n3c4ccccc4c4cc(-c5ccc6c(c5)c5ccccc5n6-c5cccc(-c6ccc7c(c6)sc6ccccc67)c5)ccc43)cc21.